The van der Waals surface area contributed by atoms with Gasteiger partial charge in [0.1, 0.15) is 5.69 Å². The van der Waals surface area contributed by atoms with Gasteiger partial charge >= 0.3 is 6.18 Å². The summed E-state index contributed by atoms with van der Waals surface area (Å²) in [6.07, 6.45) is 1.85. The minimum Gasteiger partial charge on any atom is -0.166 e. The van der Waals surface area contributed by atoms with Crippen molar-refractivity contribution in [1.29, 1.82) is 0 Å². The fourth-order valence-electron chi connectivity index (χ4n) is 1.36. The van der Waals surface area contributed by atoms with Gasteiger partial charge < -0.3 is 0 Å². The molecule has 0 radical (unpaired) electrons. The predicted molar refractivity (Wildman–Crippen MR) is 64.3 cm³/mol. The molecule has 0 saturated carbocycles. The third-order valence-corrected chi connectivity index (χ3v) is 2.76. The smallest absolute Gasteiger partial charge is 0.166 e. The maximum atomic E-state index is 12.6. The number of rotatable bonds is 1. The van der Waals surface area contributed by atoms with Crippen molar-refractivity contribution >= 4 is 23.2 Å². The Morgan fingerprint density at radius 1 is 1.21 bits per heavy atom. The summed E-state index contributed by atoms with van der Waals surface area (Å²) < 4.78 is 37.7. The molecule has 0 spiro atoms. The van der Waals surface area contributed by atoms with Crippen molar-refractivity contribution in [2.75, 3.05) is 0 Å². The van der Waals surface area contributed by atoms with E-state index in [0.29, 0.717) is 0 Å². The lowest BCUT2D eigenvalue weighted by atomic mass is 10.2. The molecule has 1 aromatic heterocycles. The van der Waals surface area contributed by atoms with Crippen molar-refractivity contribution in [2.24, 2.45) is 0 Å². The van der Waals surface area contributed by atoms with E-state index in [9.17, 15) is 13.2 Å². The van der Waals surface area contributed by atoms with Crippen LogP contribution in [0, 0.1) is 12.3 Å². The molecule has 3 nitrogen and oxygen atoms in total. The van der Waals surface area contributed by atoms with Crippen LogP contribution in [0.1, 0.15) is 11.3 Å². The summed E-state index contributed by atoms with van der Waals surface area (Å²) in [5.41, 5.74) is -0.694. The summed E-state index contributed by atoms with van der Waals surface area (Å²) in [5.74, 6) is 2.23. The number of hydrogen-bond donors (Lipinski definition) is 0. The highest BCUT2D eigenvalue weighted by atomic mass is 35.5. The van der Waals surface area contributed by atoms with E-state index in [1.165, 1.54) is 6.20 Å². The Labute approximate surface area is 115 Å². The highest BCUT2D eigenvalue weighted by molar-refractivity contribution is 6.37. The Hall–Kier alpha value is -1.71. The summed E-state index contributed by atoms with van der Waals surface area (Å²) in [5, 5.41) is 7.17. The molecule has 1 aromatic carbocycles. The molecule has 98 valence electrons. The molecule has 0 amide bonds. The van der Waals surface area contributed by atoms with Gasteiger partial charge in [0.05, 0.1) is 21.8 Å². The zero-order valence-electron chi connectivity index (χ0n) is 9.04. The van der Waals surface area contributed by atoms with E-state index in [2.05, 4.69) is 16.1 Å². The predicted octanol–water partition coefficient (Wildman–Crippen LogP) is 3.57. The molecule has 0 aliphatic carbocycles. The first-order valence-electron chi connectivity index (χ1n) is 4.78. The van der Waals surface area contributed by atoms with Gasteiger partial charge in [0.2, 0.25) is 0 Å². The first-order valence-corrected chi connectivity index (χ1v) is 5.54. The van der Waals surface area contributed by atoms with E-state index in [0.717, 1.165) is 16.9 Å². The van der Waals surface area contributed by atoms with Gasteiger partial charge in [0.25, 0.3) is 0 Å². The number of nitrogens with zero attached hydrogens (tertiary/aromatic N) is 3. The zero-order chi connectivity index (χ0) is 14.2. The topological polar surface area (TPSA) is 30.7 Å². The molecule has 0 aliphatic heterocycles. The van der Waals surface area contributed by atoms with Gasteiger partial charge in [-0.3, -0.25) is 0 Å². The Morgan fingerprint density at radius 2 is 1.79 bits per heavy atom. The summed E-state index contributed by atoms with van der Waals surface area (Å²) in [6.45, 7) is 0. The van der Waals surface area contributed by atoms with E-state index < -0.39 is 11.7 Å². The van der Waals surface area contributed by atoms with Gasteiger partial charge in [0.15, 0.2) is 5.69 Å². The molecule has 19 heavy (non-hydrogen) atoms. The van der Waals surface area contributed by atoms with E-state index in [-0.39, 0.29) is 21.4 Å². The van der Waals surface area contributed by atoms with Crippen LogP contribution >= 0.6 is 23.2 Å². The highest BCUT2D eigenvalue weighted by Crippen LogP contribution is 2.36. The fourth-order valence-corrected chi connectivity index (χ4v) is 2.00. The molecule has 0 unspecified atom stereocenters. The van der Waals surface area contributed by atoms with Crippen molar-refractivity contribution in [3.8, 4) is 18.0 Å². The lowest BCUT2D eigenvalue weighted by Crippen LogP contribution is -2.07. The van der Waals surface area contributed by atoms with E-state index in [4.69, 9.17) is 29.6 Å². The SMILES string of the molecule is C#Cc1cnn(-c2c(Cl)cc(C(F)(F)F)cc2Cl)n1. The van der Waals surface area contributed by atoms with Crippen LogP contribution in [0.15, 0.2) is 18.3 Å². The highest BCUT2D eigenvalue weighted by Gasteiger charge is 2.32. The lowest BCUT2D eigenvalue weighted by molar-refractivity contribution is -0.137. The summed E-state index contributed by atoms with van der Waals surface area (Å²) in [4.78, 5) is 0.986. The lowest BCUT2D eigenvalue weighted by Gasteiger charge is -2.11. The molecule has 2 aromatic rings. The average Bonchev–Trinajstić information content (AvgIpc) is 2.75. The number of terminal acetylenes is 1. The maximum Gasteiger partial charge on any atom is 0.416 e. The molecule has 0 N–H and O–H groups in total. The molecular formula is C11H4Cl2F3N3. The second-order valence-electron chi connectivity index (χ2n) is 3.45. The van der Waals surface area contributed by atoms with Crippen LogP contribution < -0.4 is 0 Å². The normalized spacial score (nSPS) is 11.4. The van der Waals surface area contributed by atoms with Crippen LogP contribution in [-0.2, 0) is 6.18 Å². The summed E-state index contributed by atoms with van der Waals surface area (Å²) >= 11 is 11.6. The van der Waals surface area contributed by atoms with Crippen molar-refractivity contribution in [1.82, 2.24) is 15.0 Å². The Morgan fingerprint density at radius 3 is 2.21 bits per heavy atom. The van der Waals surface area contributed by atoms with Crippen LogP contribution in [0.25, 0.3) is 5.69 Å². The van der Waals surface area contributed by atoms with E-state index in [1.54, 1.807) is 0 Å². The van der Waals surface area contributed by atoms with Gasteiger partial charge in [-0.05, 0) is 18.1 Å². The monoisotopic (exact) mass is 305 g/mol. The van der Waals surface area contributed by atoms with Crippen LogP contribution in [-0.4, -0.2) is 15.0 Å². The minimum absolute atomic E-state index is 0.0397. The second kappa shape index (κ2) is 4.76. The van der Waals surface area contributed by atoms with Crippen LogP contribution in [0.2, 0.25) is 10.0 Å². The van der Waals surface area contributed by atoms with Gasteiger partial charge in [-0.1, -0.05) is 23.2 Å². The third-order valence-electron chi connectivity index (χ3n) is 2.18. The standard InChI is InChI=1S/C11H4Cl2F3N3/c1-2-7-5-17-19(18-7)10-8(12)3-6(4-9(10)13)11(14,15)16/h1,3-5H. The number of hydrogen-bond acceptors (Lipinski definition) is 2. The molecular weight excluding hydrogens is 302 g/mol. The van der Waals surface area contributed by atoms with Crippen molar-refractivity contribution in [3.05, 3.63) is 39.6 Å². The average molecular weight is 306 g/mol. The Balaban J connectivity index is 2.57. The largest absolute Gasteiger partial charge is 0.416 e. The molecule has 1 heterocycles. The molecule has 0 atom stereocenters. The summed E-state index contributed by atoms with van der Waals surface area (Å²) in [6, 6.07) is 1.50. The number of alkyl halides is 3. The van der Waals surface area contributed by atoms with Crippen molar-refractivity contribution in [3.63, 3.8) is 0 Å². The quantitative estimate of drug-likeness (QED) is 0.754. The Bertz CT molecular complexity index is 648. The number of halogens is 5. The Kier molecular flexibility index (Phi) is 3.43. The van der Waals surface area contributed by atoms with E-state index >= 15 is 0 Å². The zero-order valence-corrected chi connectivity index (χ0v) is 10.6. The second-order valence-corrected chi connectivity index (χ2v) is 4.26. The molecule has 0 bridgehead atoms. The van der Waals surface area contributed by atoms with Gasteiger partial charge in [-0.2, -0.15) is 18.3 Å². The molecule has 8 heteroatoms. The fraction of sp³-hybridized carbons (Fsp3) is 0.0909. The van der Waals surface area contributed by atoms with Gasteiger partial charge in [-0.25, -0.2) is 0 Å². The summed E-state index contributed by atoms with van der Waals surface area (Å²) in [7, 11) is 0. The number of benzene rings is 1. The van der Waals surface area contributed by atoms with Gasteiger partial charge in [-0.15, -0.1) is 16.3 Å². The first-order chi connectivity index (χ1) is 8.82. The molecule has 0 fully saturated rings. The molecule has 2 rings (SSSR count). The van der Waals surface area contributed by atoms with Crippen molar-refractivity contribution in [2.45, 2.75) is 6.18 Å². The maximum absolute atomic E-state index is 12.6. The third kappa shape index (κ3) is 2.67. The minimum atomic E-state index is -4.53. The van der Waals surface area contributed by atoms with E-state index in [1.807, 2.05) is 0 Å². The van der Waals surface area contributed by atoms with Crippen LogP contribution in [0.3, 0.4) is 0 Å². The van der Waals surface area contributed by atoms with Crippen LogP contribution in [0.4, 0.5) is 13.2 Å². The van der Waals surface area contributed by atoms with Gasteiger partial charge in [0, 0.05) is 0 Å². The van der Waals surface area contributed by atoms with Crippen molar-refractivity contribution < 1.29 is 13.2 Å². The first kappa shape index (κ1) is 13.7. The molecule has 0 aliphatic rings. The van der Waals surface area contributed by atoms with Crippen LogP contribution in [0.5, 0.6) is 0 Å². The molecule has 0 saturated heterocycles. The number of aromatic nitrogens is 3.